The first-order valence-corrected chi connectivity index (χ1v) is 7.25. The van der Waals surface area contributed by atoms with Crippen molar-refractivity contribution in [3.8, 4) is 0 Å². The van der Waals surface area contributed by atoms with Crippen LogP contribution in [0.5, 0.6) is 0 Å². The molecular weight excluding hydrogens is 252 g/mol. The standard InChI is InChI=1S/C15H24N4O/c1-2-18-6-8-19(9-7-18)12-15(20)17-14-5-3-4-13(10-14)11-16/h3-5,10H,2,6-9,11-12,16H2,1H3,(H,17,20). The Morgan fingerprint density at radius 2 is 1.95 bits per heavy atom. The largest absolute Gasteiger partial charge is 0.326 e. The van der Waals surface area contributed by atoms with Gasteiger partial charge in [-0.3, -0.25) is 9.69 Å². The van der Waals surface area contributed by atoms with Gasteiger partial charge >= 0.3 is 0 Å². The number of anilines is 1. The van der Waals surface area contributed by atoms with Gasteiger partial charge in [0.25, 0.3) is 0 Å². The van der Waals surface area contributed by atoms with Crippen molar-refractivity contribution in [2.75, 3.05) is 44.6 Å². The van der Waals surface area contributed by atoms with Gasteiger partial charge in [-0.25, -0.2) is 0 Å². The summed E-state index contributed by atoms with van der Waals surface area (Å²) >= 11 is 0. The Kier molecular flexibility index (Phi) is 5.52. The maximum atomic E-state index is 12.0. The van der Waals surface area contributed by atoms with Gasteiger partial charge in [0.15, 0.2) is 0 Å². The van der Waals surface area contributed by atoms with Crippen LogP contribution in [-0.2, 0) is 11.3 Å². The van der Waals surface area contributed by atoms with Crippen molar-refractivity contribution in [3.63, 3.8) is 0 Å². The van der Waals surface area contributed by atoms with E-state index in [9.17, 15) is 4.79 Å². The van der Waals surface area contributed by atoms with Gasteiger partial charge in [-0.15, -0.1) is 0 Å². The molecule has 1 saturated heterocycles. The molecule has 0 atom stereocenters. The second kappa shape index (κ2) is 7.38. The number of rotatable bonds is 5. The highest BCUT2D eigenvalue weighted by Gasteiger charge is 2.17. The number of nitrogens with two attached hydrogens (primary N) is 1. The van der Waals surface area contributed by atoms with E-state index < -0.39 is 0 Å². The zero-order chi connectivity index (χ0) is 14.4. The molecule has 0 unspecified atom stereocenters. The van der Waals surface area contributed by atoms with Gasteiger partial charge in [0.2, 0.25) is 5.91 Å². The van der Waals surface area contributed by atoms with Gasteiger partial charge in [-0.05, 0) is 24.2 Å². The summed E-state index contributed by atoms with van der Waals surface area (Å²) in [7, 11) is 0. The molecule has 0 radical (unpaired) electrons. The highest BCUT2D eigenvalue weighted by atomic mass is 16.2. The lowest BCUT2D eigenvalue weighted by atomic mass is 10.2. The number of nitrogens with one attached hydrogen (secondary N) is 1. The molecule has 0 bridgehead atoms. The van der Waals surface area contributed by atoms with Crippen LogP contribution in [0.25, 0.3) is 0 Å². The summed E-state index contributed by atoms with van der Waals surface area (Å²) in [6.07, 6.45) is 0. The molecule has 0 spiro atoms. The summed E-state index contributed by atoms with van der Waals surface area (Å²) in [5.74, 6) is 0.0455. The van der Waals surface area contributed by atoms with E-state index in [4.69, 9.17) is 5.73 Å². The quantitative estimate of drug-likeness (QED) is 0.832. The molecule has 5 heteroatoms. The first-order valence-electron chi connectivity index (χ1n) is 7.25. The van der Waals surface area contributed by atoms with Gasteiger partial charge in [0.05, 0.1) is 6.54 Å². The second-order valence-electron chi connectivity index (χ2n) is 5.16. The fourth-order valence-corrected chi connectivity index (χ4v) is 2.44. The maximum Gasteiger partial charge on any atom is 0.238 e. The number of piperazine rings is 1. The molecule has 1 aliphatic heterocycles. The molecule has 1 aromatic rings. The molecule has 3 N–H and O–H groups in total. The lowest BCUT2D eigenvalue weighted by Crippen LogP contribution is -2.48. The number of nitrogens with zero attached hydrogens (tertiary/aromatic N) is 2. The summed E-state index contributed by atoms with van der Waals surface area (Å²) < 4.78 is 0. The number of carbonyl (C=O) groups excluding carboxylic acids is 1. The van der Waals surface area contributed by atoms with Crippen LogP contribution in [0.4, 0.5) is 5.69 Å². The summed E-state index contributed by atoms with van der Waals surface area (Å²) in [5.41, 5.74) is 7.45. The van der Waals surface area contributed by atoms with E-state index in [1.165, 1.54) is 0 Å². The molecule has 5 nitrogen and oxygen atoms in total. The van der Waals surface area contributed by atoms with Gasteiger partial charge in [-0.2, -0.15) is 0 Å². The molecular formula is C15H24N4O. The van der Waals surface area contributed by atoms with Gasteiger partial charge in [-0.1, -0.05) is 19.1 Å². The summed E-state index contributed by atoms with van der Waals surface area (Å²) in [5, 5.41) is 2.94. The van der Waals surface area contributed by atoms with E-state index in [0.717, 1.165) is 44.0 Å². The highest BCUT2D eigenvalue weighted by molar-refractivity contribution is 5.92. The first-order chi connectivity index (χ1) is 9.71. The molecule has 0 aromatic heterocycles. The number of carbonyl (C=O) groups is 1. The van der Waals surface area contributed by atoms with Crippen LogP contribution in [0.15, 0.2) is 24.3 Å². The van der Waals surface area contributed by atoms with Crippen LogP contribution in [0, 0.1) is 0 Å². The van der Waals surface area contributed by atoms with Crippen LogP contribution in [0.1, 0.15) is 12.5 Å². The van der Waals surface area contributed by atoms with Crippen molar-refractivity contribution < 1.29 is 4.79 Å². The Balaban J connectivity index is 1.80. The van der Waals surface area contributed by atoms with E-state index in [-0.39, 0.29) is 5.91 Å². The molecule has 1 aromatic carbocycles. The number of benzene rings is 1. The summed E-state index contributed by atoms with van der Waals surface area (Å²) in [6.45, 7) is 8.24. The summed E-state index contributed by atoms with van der Waals surface area (Å²) in [4.78, 5) is 16.6. The number of hydrogen-bond acceptors (Lipinski definition) is 4. The van der Waals surface area contributed by atoms with E-state index in [2.05, 4.69) is 22.0 Å². The Hall–Kier alpha value is -1.43. The van der Waals surface area contributed by atoms with Crippen molar-refractivity contribution in [2.24, 2.45) is 5.73 Å². The van der Waals surface area contributed by atoms with E-state index in [1.54, 1.807) is 0 Å². The zero-order valence-corrected chi connectivity index (χ0v) is 12.1. The van der Waals surface area contributed by atoms with E-state index >= 15 is 0 Å². The third kappa shape index (κ3) is 4.30. The van der Waals surface area contributed by atoms with E-state index in [0.29, 0.717) is 13.1 Å². The average molecular weight is 276 g/mol. The third-order valence-electron chi connectivity index (χ3n) is 3.73. The summed E-state index contributed by atoms with van der Waals surface area (Å²) in [6, 6.07) is 7.69. The van der Waals surface area contributed by atoms with Crippen molar-refractivity contribution in [2.45, 2.75) is 13.5 Å². The minimum atomic E-state index is 0.0455. The Labute approximate surface area is 120 Å². The van der Waals surface area contributed by atoms with Crippen LogP contribution in [-0.4, -0.2) is 55.0 Å². The maximum absolute atomic E-state index is 12.0. The number of likely N-dealkylation sites (N-methyl/N-ethyl adjacent to an activating group) is 1. The van der Waals surface area contributed by atoms with Crippen LogP contribution in [0.3, 0.4) is 0 Å². The van der Waals surface area contributed by atoms with Crippen molar-refractivity contribution >= 4 is 11.6 Å². The van der Waals surface area contributed by atoms with Gasteiger partial charge in [0.1, 0.15) is 0 Å². The van der Waals surface area contributed by atoms with Crippen molar-refractivity contribution in [3.05, 3.63) is 29.8 Å². The minimum Gasteiger partial charge on any atom is -0.326 e. The van der Waals surface area contributed by atoms with Crippen molar-refractivity contribution in [1.82, 2.24) is 9.80 Å². The zero-order valence-electron chi connectivity index (χ0n) is 12.1. The van der Waals surface area contributed by atoms with Gasteiger partial charge < -0.3 is 16.0 Å². The van der Waals surface area contributed by atoms with Crippen LogP contribution >= 0.6 is 0 Å². The predicted molar refractivity (Wildman–Crippen MR) is 81.5 cm³/mol. The molecule has 1 amide bonds. The lowest BCUT2D eigenvalue weighted by Gasteiger charge is -2.33. The monoisotopic (exact) mass is 276 g/mol. The molecule has 0 saturated carbocycles. The molecule has 20 heavy (non-hydrogen) atoms. The van der Waals surface area contributed by atoms with E-state index in [1.807, 2.05) is 24.3 Å². The lowest BCUT2D eigenvalue weighted by molar-refractivity contribution is -0.117. The number of amides is 1. The van der Waals surface area contributed by atoms with Crippen LogP contribution in [0.2, 0.25) is 0 Å². The first kappa shape index (κ1) is 15.0. The van der Waals surface area contributed by atoms with Gasteiger partial charge in [0, 0.05) is 38.4 Å². The Morgan fingerprint density at radius 1 is 1.25 bits per heavy atom. The molecule has 2 rings (SSSR count). The molecule has 110 valence electrons. The third-order valence-corrected chi connectivity index (χ3v) is 3.73. The fourth-order valence-electron chi connectivity index (χ4n) is 2.44. The van der Waals surface area contributed by atoms with Crippen LogP contribution < -0.4 is 11.1 Å². The Bertz CT molecular complexity index is 441. The minimum absolute atomic E-state index is 0.0455. The molecule has 1 fully saturated rings. The highest BCUT2D eigenvalue weighted by Crippen LogP contribution is 2.10. The van der Waals surface area contributed by atoms with Crippen molar-refractivity contribution in [1.29, 1.82) is 0 Å². The molecule has 1 aliphatic rings. The second-order valence-corrected chi connectivity index (χ2v) is 5.16. The smallest absolute Gasteiger partial charge is 0.238 e. The SMILES string of the molecule is CCN1CCN(CC(=O)Nc2cccc(CN)c2)CC1. The predicted octanol–water partition coefficient (Wildman–Crippen LogP) is 0.721. The normalized spacial score (nSPS) is 17.1. The Morgan fingerprint density at radius 3 is 2.60 bits per heavy atom. The average Bonchev–Trinajstić information content (AvgIpc) is 2.48. The fraction of sp³-hybridized carbons (Fsp3) is 0.533. The molecule has 1 heterocycles. The number of hydrogen-bond donors (Lipinski definition) is 2. The molecule has 0 aliphatic carbocycles. The topological polar surface area (TPSA) is 61.6 Å².